The highest BCUT2D eigenvalue weighted by molar-refractivity contribution is 6.01. The Morgan fingerprint density at radius 3 is 2.56 bits per heavy atom. The van der Waals surface area contributed by atoms with Gasteiger partial charge in [-0.05, 0) is 49.4 Å². The molecule has 3 heteroatoms. The fourth-order valence-corrected chi connectivity index (χ4v) is 4.23. The molecule has 1 aliphatic heterocycles. The number of nitrogens with one attached hydrogen (secondary N) is 2. The van der Waals surface area contributed by atoms with Crippen LogP contribution in [0.2, 0.25) is 0 Å². The van der Waals surface area contributed by atoms with Gasteiger partial charge in [0.05, 0.1) is 16.9 Å². The summed E-state index contributed by atoms with van der Waals surface area (Å²) < 4.78 is 0. The molecule has 130 valence electrons. The molecule has 3 nitrogen and oxygen atoms in total. The molecule has 0 atom stereocenters. The smallest absolute Gasteiger partial charge is 0.128 e. The standard InChI is InChI=1S/C22H27N3/c1-16-13-17(2)20-19(14-16)24-21(22(25-20)11-7-4-8-12-22)23-15-18-9-5-3-6-10-18/h3,5-6,9-10,13-14,25H,4,7-8,11-12,15H2,1-2H3,(H,23,24). The molecular weight excluding hydrogens is 306 g/mol. The zero-order valence-electron chi connectivity index (χ0n) is 15.2. The quantitative estimate of drug-likeness (QED) is 0.787. The average molecular weight is 333 g/mol. The monoisotopic (exact) mass is 333 g/mol. The van der Waals surface area contributed by atoms with Crippen molar-refractivity contribution >= 4 is 17.2 Å². The maximum absolute atomic E-state index is 5.10. The molecule has 0 aromatic heterocycles. The van der Waals surface area contributed by atoms with E-state index < -0.39 is 0 Å². The number of anilines is 1. The number of nitrogens with zero attached hydrogens (tertiary/aromatic N) is 1. The highest BCUT2D eigenvalue weighted by Gasteiger charge is 2.40. The van der Waals surface area contributed by atoms with Crippen molar-refractivity contribution in [2.75, 3.05) is 5.32 Å². The first-order valence-electron chi connectivity index (χ1n) is 9.43. The van der Waals surface area contributed by atoms with Gasteiger partial charge in [0.1, 0.15) is 5.84 Å². The van der Waals surface area contributed by atoms with Crippen LogP contribution in [0.15, 0.2) is 47.5 Å². The minimum Gasteiger partial charge on any atom is -0.371 e. The Morgan fingerprint density at radius 1 is 1.04 bits per heavy atom. The van der Waals surface area contributed by atoms with Crippen molar-refractivity contribution in [1.82, 2.24) is 5.32 Å². The number of hydrogen-bond acceptors (Lipinski definition) is 3. The molecule has 2 N–H and O–H groups in total. The van der Waals surface area contributed by atoms with Crippen molar-refractivity contribution in [2.24, 2.45) is 4.99 Å². The zero-order valence-corrected chi connectivity index (χ0v) is 15.2. The lowest BCUT2D eigenvalue weighted by Crippen LogP contribution is -2.55. The van der Waals surface area contributed by atoms with Crippen LogP contribution in [0.3, 0.4) is 0 Å². The first kappa shape index (κ1) is 16.2. The Bertz CT molecular complexity index is 786. The summed E-state index contributed by atoms with van der Waals surface area (Å²) in [7, 11) is 0. The van der Waals surface area contributed by atoms with Crippen LogP contribution < -0.4 is 10.6 Å². The molecule has 0 bridgehead atoms. The molecule has 1 fully saturated rings. The number of amidine groups is 1. The van der Waals surface area contributed by atoms with Gasteiger partial charge in [-0.15, -0.1) is 0 Å². The summed E-state index contributed by atoms with van der Waals surface area (Å²) in [5.41, 5.74) is 6.12. The second kappa shape index (κ2) is 6.55. The van der Waals surface area contributed by atoms with Gasteiger partial charge >= 0.3 is 0 Å². The van der Waals surface area contributed by atoms with Gasteiger partial charge in [-0.25, -0.2) is 4.99 Å². The highest BCUT2D eigenvalue weighted by atomic mass is 15.2. The van der Waals surface area contributed by atoms with Gasteiger partial charge in [0.2, 0.25) is 0 Å². The van der Waals surface area contributed by atoms with E-state index in [9.17, 15) is 0 Å². The summed E-state index contributed by atoms with van der Waals surface area (Å²) in [4.78, 5) is 5.10. The number of aliphatic imine (C=N–C) groups is 1. The summed E-state index contributed by atoms with van der Waals surface area (Å²) in [5, 5.41) is 7.57. The molecular formula is C22H27N3. The average Bonchev–Trinajstić information content (AvgIpc) is 2.62. The van der Waals surface area contributed by atoms with Crippen molar-refractivity contribution in [3.63, 3.8) is 0 Å². The molecule has 1 saturated carbocycles. The topological polar surface area (TPSA) is 36.4 Å². The fraction of sp³-hybridized carbons (Fsp3) is 0.409. The highest BCUT2D eigenvalue weighted by Crippen LogP contribution is 2.42. The van der Waals surface area contributed by atoms with Crippen LogP contribution in [0.5, 0.6) is 0 Å². The molecule has 0 unspecified atom stereocenters. The van der Waals surface area contributed by atoms with Crippen molar-refractivity contribution < 1.29 is 0 Å². The summed E-state index contributed by atoms with van der Waals surface area (Å²) in [6, 6.07) is 15.0. The molecule has 0 amide bonds. The largest absolute Gasteiger partial charge is 0.371 e. The summed E-state index contributed by atoms with van der Waals surface area (Å²) >= 11 is 0. The molecule has 25 heavy (non-hydrogen) atoms. The lowest BCUT2D eigenvalue weighted by atomic mass is 9.79. The number of aryl methyl sites for hydroxylation is 2. The van der Waals surface area contributed by atoms with Crippen LogP contribution >= 0.6 is 0 Å². The van der Waals surface area contributed by atoms with Crippen molar-refractivity contribution in [3.05, 3.63) is 59.2 Å². The maximum Gasteiger partial charge on any atom is 0.128 e. The van der Waals surface area contributed by atoms with Gasteiger partial charge in [-0.2, -0.15) is 0 Å². The lowest BCUT2D eigenvalue weighted by Gasteiger charge is -2.43. The molecule has 0 saturated heterocycles. The number of benzene rings is 2. The van der Waals surface area contributed by atoms with Crippen molar-refractivity contribution in [3.8, 4) is 0 Å². The molecule has 1 aliphatic carbocycles. The molecule has 1 heterocycles. The number of rotatable bonds is 2. The van der Waals surface area contributed by atoms with E-state index in [2.05, 4.69) is 66.9 Å². The Hall–Kier alpha value is -2.29. The Labute approximate surface area is 150 Å². The second-order valence-electron chi connectivity index (χ2n) is 7.54. The zero-order chi connectivity index (χ0) is 17.3. The van der Waals surface area contributed by atoms with E-state index in [-0.39, 0.29) is 5.54 Å². The van der Waals surface area contributed by atoms with Crippen LogP contribution in [0.4, 0.5) is 11.4 Å². The van der Waals surface area contributed by atoms with Crippen molar-refractivity contribution in [2.45, 2.75) is 58.0 Å². The minimum absolute atomic E-state index is 0.0277. The normalized spacial score (nSPS) is 18.2. The van der Waals surface area contributed by atoms with E-state index in [0.717, 1.165) is 30.9 Å². The van der Waals surface area contributed by atoms with Crippen LogP contribution in [0.25, 0.3) is 0 Å². The van der Waals surface area contributed by atoms with Gasteiger partial charge < -0.3 is 10.6 Å². The van der Waals surface area contributed by atoms with Gasteiger partial charge in [-0.1, -0.05) is 55.7 Å². The molecule has 4 rings (SSSR count). The predicted molar refractivity (Wildman–Crippen MR) is 106 cm³/mol. The van der Waals surface area contributed by atoms with E-state index in [1.165, 1.54) is 41.6 Å². The van der Waals surface area contributed by atoms with E-state index in [4.69, 9.17) is 4.99 Å². The number of hydrogen-bond donors (Lipinski definition) is 2. The molecule has 2 aromatic carbocycles. The second-order valence-corrected chi connectivity index (χ2v) is 7.54. The van der Waals surface area contributed by atoms with E-state index in [1.807, 2.05) is 0 Å². The van der Waals surface area contributed by atoms with Gasteiger partial charge in [0.25, 0.3) is 0 Å². The molecule has 2 aliphatic rings. The Morgan fingerprint density at radius 2 is 1.80 bits per heavy atom. The minimum atomic E-state index is -0.0277. The fourth-order valence-electron chi connectivity index (χ4n) is 4.23. The van der Waals surface area contributed by atoms with E-state index in [0.29, 0.717) is 0 Å². The third-order valence-corrected chi connectivity index (χ3v) is 5.52. The Kier molecular flexibility index (Phi) is 4.24. The summed E-state index contributed by atoms with van der Waals surface area (Å²) in [5.74, 6) is 1.12. The molecule has 0 radical (unpaired) electrons. The predicted octanol–water partition coefficient (Wildman–Crippen LogP) is 5.25. The summed E-state index contributed by atoms with van der Waals surface area (Å²) in [6.07, 6.45) is 6.16. The van der Waals surface area contributed by atoms with Gasteiger partial charge in [0.15, 0.2) is 0 Å². The number of fused-ring (bicyclic) bond motifs is 1. The third kappa shape index (κ3) is 3.15. The van der Waals surface area contributed by atoms with Gasteiger partial charge in [0, 0.05) is 6.54 Å². The maximum atomic E-state index is 5.10. The first-order chi connectivity index (χ1) is 12.2. The Balaban J connectivity index is 1.69. The van der Waals surface area contributed by atoms with Crippen LogP contribution in [0, 0.1) is 13.8 Å². The van der Waals surface area contributed by atoms with Crippen LogP contribution in [-0.2, 0) is 6.54 Å². The van der Waals surface area contributed by atoms with Crippen LogP contribution in [0.1, 0.15) is 48.8 Å². The van der Waals surface area contributed by atoms with E-state index in [1.54, 1.807) is 0 Å². The SMILES string of the molecule is Cc1cc(C)c2c(c1)N=C(NCc1ccccc1)C1(CCCCC1)N2. The first-order valence-corrected chi connectivity index (χ1v) is 9.43. The van der Waals surface area contributed by atoms with Gasteiger partial charge in [-0.3, -0.25) is 0 Å². The summed E-state index contributed by atoms with van der Waals surface area (Å²) in [6.45, 7) is 5.15. The third-order valence-electron chi connectivity index (χ3n) is 5.52. The lowest BCUT2D eigenvalue weighted by molar-refractivity contribution is 0.396. The molecule has 1 spiro atoms. The van der Waals surface area contributed by atoms with E-state index >= 15 is 0 Å². The molecule has 2 aromatic rings. The van der Waals surface area contributed by atoms with Crippen LogP contribution in [-0.4, -0.2) is 11.4 Å². The van der Waals surface area contributed by atoms with Crippen molar-refractivity contribution in [1.29, 1.82) is 0 Å².